The van der Waals surface area contributed by atoms with Crippen LogP contribution in [-0.2, 0) is 12.4 Å². The van der Waals surface area contributed by atoms with Crippen molar-refractivity contribution in [2.45, 2.75) is 12.4 Å². The first-order valence-electron chi connectivity index (χ1n) is 4.80. The molecule has 0 amide bonds. The highest BCUT2D eigenvalue weighted by Crippen LogP contribution is 2.36. The van der Waals surface area contributed by atoms with Crippen LogP contribution in [0.2, 0.25) is 0 Å². The highest BCUT2D eigenvalue weighted by molar-refractivity contribution is 5.53. The molecule has 1 rings (SSSR count). The summed E-state index contributed by atoms with van der Waals surface area (Å²) in [6.45, 7) is 0.0254. The van der Waals surface area contributed by atoms with Gasteiger partial charge < -0.3 is 5.73 Å². The van der Waals surface area contributed by atoms with Gasteiger partial charge in [0.2, 0.25) is 0 Å². The summed E-state index contributed by atoms with van der Waals surface area (Å²) in [6.07, 6.45) is -7.26. The van der Waals surface area contributed by atoms with Gasteiger partial charge in [0.05, 0.1) is 11.1 Å². The molecule has 1 aromatic rings. The van der Waals surface area contributed by atoms with Gasteiger partial charge in [0.1, 0.15) is 0 Å². The fraction of sp³-hybridized carbons (Fsp3) is 0.273. The quantitative estimate of drug-likeness (QED) is 0.814. The second kappa shape index (κ2) is 5.01. The maximum atomic E-state index is 12.4. The smallest absolute Gasteiger partial charge is 0.327 e. The summed E-state index contributed by atoms with van der Waals surface area (Å²) in [5, 5.41) is 0. The van der Waals surface area contributed by atoms with Crippen LogP contribution in [0, 0.1) is 0 Å². The van der Waals surface area contributed by atoms with E-state index in [9.17, 15) is 26.3 Å². The van der Waals surface area contributed by atoms with Gasteiger partial charge in [0.25, 0.3) is 0 Å². The number of halogens is 6. The van der Waals surface area contributed by atoms with Gasteiger partial charge in [-0.2, -0.15) is 26.3 Å². The summed E-state index contributed by atoms with van der Waals surface area (Å²) in [5.41, 5.74) is 2.22. The summed E-state index contributed by atoms with van der Waals surface area (Å²) in [7, 11) is 0. The minimum absolute atomic E-state index is 0.0254. The number of nitrogens with two attached hydrogens (primary N) is 1. The van der Waals surface area contributed by atoms with Gasteiger partial charge >= 0.3 is 12.4 Å². The molecule has 0 saturated heterocycles. The van der Waals surface area contributed by atoms with E-state index >= 15 is 0 Å². The van der Waals surface area contributed by atoms with Crippen molar-refractivity contribution in [1.82, 2.24) is 0 Å². The Bertz CT molecular complexity index is 412. The first-order chi connectivity index (χ1) is 8.14. The monoisotopic (exact) mass is 269 g/mol. The molecule has 0 radical (unpaired) electrons. The van der Waals surface area contributed by atoms with Crippen LogP contribution in [0.3, 0.4) is 0 Å². The molecule has 0 bridgehead atoms. The summed E-state index contributed by atoms with van der Waals surface area (Å²) in [6, 6.07) is 1.36. The molecule has 1 nitrogen and oxygen atoms in total. The molecule has 7 heteroatoms. The van der Waals surface area contributed by atoms with Gasteiger partial charge in [-0.05, 0) is 23.8 Å². The van der Waals surface area contributed by atoms with Crippen LogP contribution in [0.25, 0.3) is 6.08 Å². The fourth-order valence-corrected chi connectivity index (χ4v) is 1.28. The third-order valence-electron chi connectivity index (χ3n) is 2.06. The average molecular weight is 269 g/mol. The minimum atomic E-state index is -4.83. The zero-order valence-corrected chi connectivity index (χ0v) is 8.94. The zero-order chi connectivity index (χ0) is 14.0. The van der Waals surface area contributed by atoms with Crippen molar-refractivity contribution < 1.29 is 26.3 Å². The fourth-order valence-electron chi connectivity index (χ4n) is 1.28. The van der Waals surface area contributed by atoms with Gasteiger partial charge in [-0.25, -0.2) is 0 Å². The molecule has 100 valence electrons. The van der Waals surface area contributed by atoms with Crippen LogP contribution in [0.4, 0.5) is 26.3 Å². The molecule has 1 aromatic carbocycles. The van der Waals surface area contributed by atoms with E-state index in [4.69, 9.17) is 5.73 Å². The lowest BCUT2D eigenvalue weighted by atomic mass is 10.0. The lowest BCUT2D eigenvalue weighted by Crippen LogP contribution is -2.11. The lowest BCUT2D eigenvalue weighted by molar-refractivity contribution is -0.143. The van der Waals surface area contributed by atoms with Crippen molar-refractivity contribution in [1.29, 1.82) is 0 Å². The molecule has 0 saturated carbocycles. The Morgan fingerprint density at radius 2 is 1.33 bits per heavy atom. The van der Waals surface area contributed by atoms with Gasteiger partial charge in [0.15, 0.2) is 0 Å². The maximum absolute atomic E-state index is 12.4. The maximum Gasteiger partial charge on any atom is 0.416 e. The summed E-state index contributed by atoms with van der Waals surface area (Å²) in [5.74, 6) is 0. The molecule has 0 spiro atoms. The first-order valence-corrected chi connectivity index (χ1v) is 4.80. The Hall–Kier alpha value is -1.50. The van der Waals surface area contributed by atoms with Crippen LogP contribution in [0.15, 0.2) is 24.3 Å². The van der Waals surface area contributed by atoms with Crippen LogP contribution in [0.5, 0.6) is 0 Å². The average Bonchev–Trinajstić information content (AvgIpc) is 2.23. The number of rotatable bonds is 2. The molecule has 0 fully saturated rings. The summed E-state index contributed by atoms with van der Waals surface area (Å²) < 4.78 is 74.7. The lowest BCUT2D eigenvalue weighted by Gasteiger charge is -2.12. The third-order valence-corrected chi connectivity index (χ3v) is 2.06. The number of alkyl halides is 6. The molecule has 0 aromatic heterocycles. The van der Waals surface area contributed by atoms with Crippen molar-refractivity contribution in [3.05, 3.63) is 41.0 Å². The van der Waals surface area contributed by atoms with Crippen molar-refractivity contribution in [3.8, 4) is 0 Å². The van der Waals surface area contributed by atoms with Gasteiger partial charge in [-0.15, -0.1) is 0 Å². The van der Waals surface area contributed by atoms with Crippen LogP contribution in [-0.4, -0.2) is 6.54 Å². The van der Waals surface area contributed by atoms with E-state index in [1.807, 2.05) is 0 Å². The second-order valence-electron chi connectivity index (χ2n) is 3.48. The minimum Gasteiger partial charge on any atom is -0.327 e. The highest BCUT2D eigenvalue weighted by atomic mass is 19.4. The van der Waals surface area contributed by atoms with Crippen LogP contribution >= 0.6 is 0 Å². The molecule has 18 heavy (non-hydrogen) atoms. The van der Waals surface area contributed by atoms with E-state index in [1.54, 1.807) is 0 Å². The highest BCUT2D eigenvalue weighted by Gasteiger charge is 2.36. The zero-order valence-electron chi connectivity index (χ0n) is 8.94. The van der Waals surface area contributed by atoms with Gasteiger partial charge in [-0.1, -0.05) is 12.2 Å². The molecule has 0 aliphatic carbocycles. The van der Waals surface area contributed by atoms with E-state index in [-0.39, 0.29) is 18.2 Å². The van der Waals surface area contributed by atoms with Gasteiger partial charge in [-0.3, -0.25) is 0 Å². The van der Waals surface area contributed by atoms with Crippen molar-refractivity contribution in [3.63, 3.8) is 0 Å². The topological polar surface area (TPSA) is 26.0 Å². The molecule has 2 N–H and O–H groups in total. The number of hydrogen-bond acceptors (Lipinski definition) is 1. The predicted octanol–water partition coefficient (Wildman–Crippen LogP) is 3.70. The van der Waals surface area contributed by atoms with E-state index in [0.717, 1.165) is 6.08 Å². The van der Waals surface area contributed by atoms with Crippen molar-refractivity contribution in [2.75, 3.05) is 6.54 Å². The van der Waals surface area contributed by atoms with E-state index < -0.39 is 23.5 Å². The molecule has 0 aliphatic heterocycles. The Balaban J connectivity index is 3.34. The first kappa shape index (κ1) is 14.6. The van der Waals surface area contributed by atoms with Crippen LogP contribution < -0.4 is 5.73 Å². The van der Waals surface area contributed by atoms with Gasteiger partial charge in [0, 0.05) is 6.54 Å². The van der Waals surface area contributed by atoms with Crippen molar-refractivity contribution >= 4 is 6.08 Å². The van der Waals surface area contributed by atoms with E-state index in [2.05, 4.69) is 0 Å². The molecule has 0 atom stereocenters. The molecule has 0 aliphatic rings. The number of benzene rings is 1. The summed E-state index contributed by atoms with van der Waals surface area (Å²) >= 11 is 0. The Kier molecular flexibility index (Phi) is 4.05. The van der Waals surface area contributed by atoms with Crippen LogP contribution in [0.1, 0.15) is 16.7 Å². The Labute approximate surface area is 98.9 Å². The largest absolute Gasteiger partial charge is 0.416 e. The standard InChI is InChI=1S/C11H9F6N/c12-10(13,14)8-4-7(2-1-3-18)5-9(6-8)11(15,16)17/h1-2,4-6H,3,18H2/b2-1+. The molecular formula is C11H9F6N. The third kappa shape index (κ3) is 3.76. The molecular weight excluding hydrogens is 260 g/mol. The Morgan fingerprint density at radius 1 is 0.889 bits per heavy atom. The normalized spacial score (nSPS) is 13.3. The SMILES string of the molecule is NC/C=C/c1cc(C(F)(F)F)cc(C(F)(F)F)c1. The second-order valence-corrected chi connectivity index (χ2v) is 3.48. The van der Waals surface area contributed by atoms with Crippen molar-refractivity contribution in [2.24, 2.45) is 5.73 Å². The Morgan fingerprint density at radius 3 is 1.67 bits per heavy atom. The number of hydrogen-bond donors (Lipinski definition) is 1. The molecule has 0 heterocycles. The van der Waals surface area contributed by atoms with E-state index in [1.165, 1.54) is 6.08 Å². The summed E-state index contributed by atoms with van der Waals surface area (Å²) in [4.78, 5) is 0. The predicted molar refractivity (Wildman–Crippen MR) is 54.5 cm³/mol. The van der Waals surface area contributed by atoms with E-state index in [0.29, 0.717) is 12.1 Å². The molecule has 0 unspecified atom stereocenters.